The van der Waals surface area contributed by atoms with Crippen molar-refractivity contribution < 1.29 is 8.83 Å². The Morgan fingerprint density at radius 1 is 0.556 bits per heavy atom. The van der Waals surface area contributed by atoms with Crippen molar-refractivity contribution in [2.75, 3.05) is 0 Å². The van der Waals surface area contributed by atoms with Gasteiger partial charge in [-0.05, 0) is 60.2 Å². The Morgan fingerprint density at radius 2 is 1.04 bits per heavy atom. The van der Waals surface area contributed by atoms with Crippen molar-refractivity contribution in [3.05, 3.63) is 151 Å². The number of aliphatic imine (C=N–C) groups is 2. The molecule has 45 heavy (non-hydrogen) atoms. The number of benzene rings is 6. The highest BCUT2D eigenvalue weighted by molar-refractivity contribution is 6.11. The van der Waals surface area contributed by atoms with Gasteiger partial charge in [0.25, 0.3) is 0 Å². The Labute approximate surface area is 260 Å². The van der Waals surface area contributed by atoms with Crippen LogP contribution in [-0.2, 0) is 0 Å². The molecule has 0 radical (unpaired) electrons. The van der Waals surface area contributed by atoms with E-state index in [2.05, 4.69) is 104 Å². The molecule has 0 atom stereocenters. The molecular weight excluding hydrogens is 552 g/mol. The van der Waals surface area contributed by atoms with E-state index in [1.807, 2.05) is 54.7 Å². The SMILES string of the molecule is C=NC(=N/C=C(\C)c1cccc(-c2cccc3c2oc2ccccc23)c1)c1cccc(-c2cccc3c2oc2ccccc23)c1. The van der Waals surface area contributed by atoms with E-state index in [1.165, 1.54) is 0 Å². The lowest BCUT2D eigenvalue weighted by atomic mass is 9.98. The number of hydrogen-bond donors (Lipinski definition) is 0. The third-order valence-electron chi connectivity index (χ3n) is 8.40. The smallest absolute Gasteiger partial charge is 0.158 e. The van der Waals surface area contributed by atoms with Crippen molar-refractivity contribution >= 4 is 62.0 Å². The van der Waals surface area contributed by atoms with Crippen molar-refractivity contribution in [1.82, 2.24) is 0 Å². The van der Waals surface area contributed by atoms with Gasteiger partial charge in [0.15, 0.2) is 5.84 Å². The molecule has 0 unspecified atom stereocenters. The lowest BCUT2D eigenvalue weighted by Gasteiger charge is -2.08. The second-order valence-corrected chi connectivity index (χ2v) is 11.1. The summed E-state index contributed by atoms with van der Waals surface area (Å²) in [6.07, 6.45) is 1.86. The van der Waals surface area contributed by atoms with Gasteiger partial charge in [-0.1, -0.05) is 109 Å². The van der Waals surface area contributed by atoms with Crippen molar-refractivity contribution in [1.29, 1.82) is 0 Å². The summed E-state index contributed by atoms with van der Waals surface area (Å²) in [6.45, 7) is 5.89. The van der Waals surface area contributed by atoms with Crippen LogP contribution in [0.5, 0.6) is 0 Å². The van der Waals surface area contributed by atoms with Gasteiger partial charge in [0.2, 0.25) is 0 Å². The number of furan rings is 2. The van der Waals surface area contributed by atoms with Crippen LogP contribution < -0.4 is 0 Å². The zero-order chi connectivity index (χ0) is 30.3. The minimum Gasteiger partial charge on any atom is -0.455 e. The number of para-hydroxylation sites is 4. The fraction of sp³-hybridized carbons (Fsp3) is 0.0244. The molecular formula is C41H28N2O2. The van der Waals surface area contributed by atoms with Crippen molar-refractivity contribution in [3.63, 3.8) is 0 Å². The second-order valence-electron chi connectivity index (χ2n) is 11.1. The van der Waals surface area contributed by atoms with E-state index in [4.69, 9.17) is 13.8 Å². The fourth-order valence-corrected chi connectivity index (χ4v) is 6.15. The summed E-state index contributed by atoms with van der Waals surface area (Å²) in [5, 5.41) is 4.45. The van der Waals surface area contributed by atoms with Crippen LogP contribution >= 0.6 is 0 Å². The van der Waals surface area contributed by atoms with Crippen LogP contribution in [0.15, 0.2) is 158 Å². The van der Waals surface area contributed by atoms with E-state index < -0.39 is 0 Å². The molecule has 0 aliphatic carbocycles. The predicted molar refractivity (Wildman–Crippen MR) is 188 cm³/mol. The molecule has 0 N–H and O–H groups in total. The van der Waals surface area contributed by atoms with Crippen molar-refractivity contribution in [2.24, 2.45) is 9.98 Å². The molecule has 214 valence electrons. The van der Waals surface area contributed by atoms with Crippen LogP contribution in [0, 0.1) is 0 Å². The zero-order valence-corrected chi connectivity index (χ0v) is 24.7. The molecule has 8 aromatic rings. The molecule has 0 spiro atoms. The van der Waals surface area contributed by atoms with E-state index >= 15 is 0 Å². The van der Waals surface area contributed by atoms with Gasteiger partial charge >= 0.3 is 0 Å². The van der Waals surface area contributed by atoms with Gasteiger partial charge < -0.3 is 8.83 Å². The summed E-state index contributed by atoms with van der Waals surface area (Å²) in [7, 11) is 0. The molecule has 6 aromatic carbocycles. The van der Waals surface area contributed by atoms with E-state index in [9.17, 15) is 0 Å². The molecule has 8 rings (SSSR count). The van der Waals surface area contributed by atoms with Gasteiger partial charge in [-0.15, -0.1) is 0 Å². The third kappa shape index (κ3) is 4.64. The number of rotatable bonds is 5. The first-order valence-corrected chi connectivity index (χ1v) is 14.9. The maximum Gasteiger partial charge on any atom is 0.158 e. The molecule has 0 amide bonds. The molecule has 0 aliphatic heterocycles. The minimum absolute atomic E-state index is 0.552. The van der Waals surface area contributed by atoms with Gasteiger partial charge in [-0.2, -0.15) is 0 Å². The number of allylic oxidation sites excluding steroid dienone is 1. The Morgan fingerprint density at radius 3 is 1.62 bits per heavy atom. The molecule has 4 heteroatoms. The van der Waals surface area contributed by atoms with E-state index in [1.54, 1.807) is 0 Å². The highest BCUT2D eigenvalue weighted by Gasteiger charge is 2.14. The van der Waals surface area contributed by atoms with Crippen LogP contribution in [0.2, 0.25) is 0 Å². The standard InChI is InChI=1S/C41H28N2O2/c1-26(27-11-7-12-28(23-27)31-17-9-19-35-33-15-3-5-21-37(33)44-39(31)35)25-43-41(42-2)30-14-8-13-29(24-30)32-18-10-20-36-34-16-4-6-22-38(34)45-40(32)36/h3-25H,2H2,1H3/b26-25+,43-41?. The minimum atomic E-state index is 0.552. The summed E-state index contributed by atoms with van der Waals surface area (Å²) in [4.78, 5) is 9.08. The van der Waals surface area contributed by atoms with Gasteiger partial charge in [0.05, 0.1) is 0 Å². The van der Waals surface area contributed by atoms with Gasteiger partial charge in [0.1, 0.15) is 22.3 Å². The third-order valence-corrected chi connectivity index (χ3v) is 8.40. The van der Waals surface area contributed by atoms with Crippen LogP contribution in [-0.4, -0.2) is 12.6 Å². The second kappa shape index (κ2) is 10.9. The Bertz CT molecular complexity index is 2470. The van der Waals surface area contributed by atoms with Gasteiger partial charge in [-0.25, -0.2) is 9.98 Å². The summed E-state index contributed by atoms with van der Waals surface area (Å²) in [6, 6.07) is 45.5. The van der Waals surface area contributed by atoms with Crippen LogP contribution in [0.1, 0.15) is 18.1 Å². The van der Waals surface area contributed by atoms with Crippen molar-refractivity contribution in [2.45, 2.75) is 6.92 Å². The number of nitrogens with zero attached hydrogens (tertiary/aromatic N) is 2. The largest absolute Gasteiger partial charge is 0.455 e. The maximum atomic E-state index is 6.30. The first kappa shape index (κ1) is 26.6. The molecule has 0 fully saturated rings. The Hall–Kier alpha value is -6.00. The average molecular weight is 581 g/mol. The number of amidine groups is 1. The van der Waals surface area contributed by atoms with E-state index in [0.29, 0.717) is 5.84 Å². The van der Waals surface area contributed by atoms with Crippen molar-refractivity contribution in [3.8, 4) is 22.3 Å². The molecule has 0 bridgehead atoms. The molecule has 4 nitrogen and oxygen atoms in total. The van der Waals surface area contributed by atoms with Gasteiger partial charge in [0, 0.05) is 44.4 Å². The Balaban J connectivity index is 1.13. The number of fused-ring (bicyclic) bond motifs is 6. The lowest BCUT2D eigenvalue weighted by Crippen LogP contribution is -1.96. The van der Waals surface area contributed by atoms with Gasteiger partial charge in [-0.3, -0.25) is 0 Å². The molecule has 2 aromatic heterocycles. The van der Waals surface area contributed by atoms with Crippen LogP contribution in [0.4, 0.5) is 0 Å². The summed E-state index contributed by atoms with van der Waals surface area (Å²) >= 11 is 0. The molecule has 2 heterocycles. The molecule has 0 saturated carbocycles. The first-order valence-electron chi connectivity index (χ1n) is 14.9. The fourth-order valence-electron chi connectivity index (χ4n) is 6.15. The highest BCUT2D eigenvalue weighted by Crippen LogP contribution is 2.37. The van der Waals surface area contributed by atoms with Crippen LogP contribution in [0.3, 0.4) is 0 Å². The highest BCUT2D eigenvalue weighted by atomic mass is 16.3. The van der Waals surface area contributed by atoms with E-state index in [-0.39, 0.29) is 0 Å². The maximum absolute atomic E-state index is 6.30. The van der Waals surface area contributed by atoms with Crippen LogP contribution in [0.25, 0.3) is 71.7 Å². The topological polar surface area (TPSA) is 51.0 Å². The molecule has 0 saturated heterocycles. The summed E-state index contributed by atoms with van der Waals surface area (Å²) in [5.74, 6) is 0.552. The predicted octanol–water partition coefficient (Wildman–Crippen LogP) is 11.3. The lowest BCUT2D eigenvalue weighted by molar-refractivity contribution is 0.669. The molecule has 0 aliphatic rings. The number of hydrogen-bond acceptors (Lipinski definition) is 3. The Kier molecular flexibility index (Phi) is 6.46. The first-order chi connectivity index (χ1) is 22.2. The average Bonchev–Trinajstić information content (AvgIpc) is 3.67. The summed E-state index contributed by atoms with van der Waals surface area (Å²) < 4.78 is 12.6. The monoisotopic (exact) mass is 580 g/mol. The quantitative estimate of drug-likeness (QED) is 0.150. The zero-order valence-electron chi connectivity index (χ0n) is 24.7. The summed E-state index contributed by atoms with van der Waals surface area (Å²) in [5.41, 5.74) is 10.7. The normalized spacial score (nSPS) is 12.5. The van der Waals surface area contributed by atoms with E-state index in [0.717, 1.165) is 82.8 Å².